The molecule has 0 amide bonds. The Morgan fingerprint density at radius 3 is 1.32 bits per heavy atom. The van der Waals surface area contributed by atoms with Crippen LogP contribution in [0.25, 0.3) is 0 Å². The van der Waals surface area contributed by atoms with Gasteiger partial charge in [0, 0.05) is 9.79 Å². The van der Waals surface area contributed by atoms with Gasteiger partial charge < -0.3 is 0 Å². The number of alkyl halides is 2. The Labute approximate surface area is 120 Å². The van der Waals surface area contributed by atoms with Crippen molar-refractivity contribution < 1.29 is 8.78 Å². The van der Waals surface area contributed by atoms with Crippen molar-refractivity contribution in [3.63, 3.8) is 0 Å². The molecule has 0 saturated carbocycles. The lowest BCUT2D eigenvalue weighted by Crippen LogP contribution is -2.03. The predicted octanol–water partition coefficient (Wildman–Crippen LogP) is 5.74. The molecule has 0 bridgehead atoms. The zero-order valence-electron chi connectivity index (χ0n) is 10.7. The Kier molecular flexibility index (Phi) is 4.53. The second kappa shape index (κ2) is 5.97. The zero-order chi connectivity index (χ0) is 13.9. The summed E-state index contributed by atoms with van der Waals surface area (Å²) in [7, 11) is 0. The van der Waals surface area contributed by atoms with E-state index in [1.807, 2.05) is 38.1 Å². The highest BCUT2D eigenvalue weighted by Crippen LogP contribution is 2.47. The van der Waals surface area contributed by atoms with E-state index in [9.17, 15) is 8.78 Å². The van der Waals surface area contributed by atoms with E-state index in [1.54, 1.807) is 24.3 Å². The average Bonchev–Trinajstić information content (AvgIpc) is 2.34. The maximum absolute atomic E-state index is 13.9. The smallest absolute Gasteiger partial charge is 0.182 e. The van der Waals surface area contributed by atoms with Gasteiger partial charge in [-0.2, -0.15) is 8.78 Å². The van der Waals surface area contributed by atoms with Crippen molar-refractivity contribution in [3.8, 4) is 0 Å². The summed E-state index contributed by atoms with van der Waals surface area (Å²) in [5.74, 6) is 0. The van der Waals surface area contributed by atoms with E-state index < -0.39 is 4.59 Å². The van der Waals surface area contributed by atoms with Gasteiger partial charge in [0.25, 0.3) is 0 Å². The molecule has 0 nitrogen and oxygen atoms in total. The fourth-order valence-electron chi connectivity index (χ4n) is 1.51. The molecule has 0 saturated heterocycles. The van der Waals surface area contributed by atoms with Crippen molar-refractivity contribution >= 4 is 23.5 Å². The molecule has 0 heterocycles. The molecule has 2 aromatic rings. The average molecular weight is 296 g/mol. The van der Waals surface area contributed by atoms with Gasteiger partial charge in [-0.15, -0.1) is 0 Å². The van der Waals surface area contributed by atoms with E-state index >= 15 is 0 Å². The third-order valence-corrected chi connectivity index (χ3v) is 4.51. The third-order valence-electron chi connectivity index (χ3n) is 2.52. The third kappa shape index (κ3) is 4.55. The van der Waals surface area contributed by atoms with E-state index in [2.05, 4.69) is 0 Å². The fourth-order valence-corrected chi connectivity index (χ4v) is 3.35. The van der Waals surface area contributed by atoms with E-state index in [1.165, 1.54) is 0 Å². The van der Waals surface area contributed by atoms with Gasteiger partial charge >= 0.3 is 4.59 Å². The molecule has 0 aliphatic carbocycles. The highest BCUT2D eigenvalue weighted by molar-refractivity contribution is 8.17. The Morgan fingerprint density at radius 1 is 0.684 bits per heavy atom. The molecule has 0 fully saturated rings. The molecule has 0 atom stereocenters. The number of hydrogen-bond acceptors (Lipinski definition) is 2. The number of benzene rings is 2. The molecule has 0 aliphatic rings. The number of halogens is 2. The molecular formula is C15H14F2S2. The van der Waals surface area contributed by atoms with Crippen LogP contribution in [0, 0.1) is 13.8 Å². The number of hydrogen-bond donors (Lipinski definition) is 0. The van der Waals surface area contributed by atoms with Gasteiger partial charge in [-0.25, -0.2) is 0 Å². The first-order chi connectivity index (χ1) is 8.94. The molecule has 100 valence electrons. The molecule has 0 aliphatic heterocycles. The molecule has 19 heavy (non-hydrogen) atoms. The summed E-state index contributed by atoms with van der Waals surface area (Å²) in [6.45, 7) is 3.88. The minimum atomic E-state index is -2.87. The van der Waals surface area contributed by atoms with Crippen LogP contribution in [-0.2, 0) is 0 Å². The molecule has 2 aromatic carbocycles. The summed E-state index contributed by atoms with van der Waals surface area (Å²) in [5, 5.41) is 0. The number of thioether (sulfide) groups is 2. The van der Waals surface area contributed by atoms with Crippen LogP contribution < -0.4 is 0 Å². The van der Waals surface area contributed by atoms with Gasteiger partial charge in [0.1, 0.15) is 0 Å². The monoisotopic (exact) mass is 296 g/mol. The lowest BCUT2D eigenvalue weighted by Gasteiger charge is -2.15. The van der Waals surface area contributed by atoms with Crippen LogP contribution in [0.15, 0.2) is 58.3 Å². The van der Waals surface area contributed by atoms with Crippen molar-refractivity contribution in [1.82, 2.24) is 0 Å². The minimum Gasteiger partial charge on any atom is -0.182 e. The largest absolute Gasteiger partial charge is 0.350 e. The summed E-state index contributed by atoms with van der Waals surface area (Å²) >= 11 is 1.17. The Balaban J connectivity index is 2.05. The zero-order valence-corrected chi connectivity index (χ0v) is 12.3. The van der Waals surface area contributed by atoms with Crippen molar-refractivity contribution in [2.24, 2.45) is 0 Å². The Hall–Kier alpha value is -1.00. The van der Waals surface area contributed by atoms with Crippen LogP contribution in [0.1, 0.15) is 11.1 Å². The van der Waals surface area contributed by atoms with Gasteiger partial charge in [-0.05, 0) is 61.6 Å². The van der Waals surface area contributed by atoms with Gasteiger partial charge in [-0.3, -0.25) is 0 Å². The second-order valence-electron chi connectivity index (χ2n) is 4.29. The molecular weight excluding hydrogens is 282 g/mol. The normalized spacial score (nSPS) is 11.6. The topological polar surface area (TPSA) is 0 Å². The van der Waals surface area contributed by atoms with E-state index in [4.69, 9.17) is 0 Å². The Morgan fingerprint density at radius 2 is 1.00 bits per heavy atom. The quantitative estimate of drug-likeness (QED) is 0.521. The highest BCUT2D eigenvalue weighted by atomic mass is 32.2. The SMILES string of the molecule is Cc1ccc(SC(F)(F)Sc2ccc(C)cc2)cc1. The highest BCUT2D eigenvalue weighted by Gasteiger charge is 2.32. The molecule has 0 radical (unpaired) electrons. The first-order valence-electron chi connectivity index (χ1n) is 5.84. The van der Waals surface area contributed by atoms with Crippen molar-refractivity contribution in [2.45, 2.75) is 28.2 Å². The summed E-state index contributed by atoms with van der Waals surface area (Å²) in [6.07, 6.45) is 0. The van der Waals surface area contributed by atoms with Crippen LogP contribution in [0.2, 0.25) is 0 Å². The predicted molar refractivity (Wildman–Crippen MR) is 79.0 cm³/mol. The standard InChI is InChI=1S/C15H14F2S2/c1-11-3-7-13(8-4-11)18-15(16,17)19-14-9-5-12(2)6-10-14/h3-10H,1-2H3. The van der Waals surface area contributed by atoms with Crippen LogP contribution in [0.3, 0.4) is 0 Å². The first kappa shape index (κ1) is 14.4. The van der Waals surface area contributed by atoms with E-state index in [0.717, 1.165) is 11.1 Å². The van der Waals surface area contributed by atoms with Gasteiger partial charge in [0.15, 0.2) is 0 Å². The molecule has 0 N–H and O–H groups in total. The van der Waals surface area contributed by atoms with E-state index in [-0.39, 0.29) is 0 Å². The molecule has 0 unspecified atom stereocenters. The number of rotatable bonds is 4. The second-order valence-corrected chi connectivity index (χ2v) is 6.93. The summed E-state index contributed by atoms with van der Waals surface area (Å²) < 4.78 is 25.0. The van der Waals surface area contributed by atoms with Gasteiger partial charge in [0.2, 0.25) is 0 Å². The van der Waals surface area contributed by atoms with Crippen LogP contribution in [-0.4, -0.2) is 4.59 Å². The molecule has 2 rings (SSSR count). The summed E-state index contributed by atoms with van der Waals surface area (Å²) in [4.78, 5) is 1.16. The van der Waals surface area contributed by atoms with Crippen molar-refractivity contribution in [2.75, 3.05) is 0 Å². The summed E-state index contributed by atoms with van der Waals surface area (Å²) in [6, 6.07) is 14.3. The Bertz CT molecular complexity index is 484. The van der Waals surface area contributed by atoms with Crippen molar-refractivity contribution in [1.29, 1.82) is 0 Å². The maximum atomic E-state index is 13.9. The molecule has 0 aromatic heterocycles. The summed E-state index contributed by atoms with van der Waals surface area (Å²) in [5.41, 5.74) is 2.14. The maximum Gasteiger partial charge on any atom is 0.350 e. The molecule has 4 heteroatoms. The fraction of sp³-hybridized carbons (Fsp3) is 0.200. The lowest BCUT2D eigenvalue weighted by atomic mass is 10.2. The first-order valence-corrected chi connectivity index (χ1v) is 7.47. The van der Waals surface area contributed by atoms with Crippen molar-refractivity contribution in [3.05, 3.63) is 59.7 Å². The van der Waals surface area contributed by atoms with Crippen LogP contribution >= 0.6 is 23.5 Å². The van der Waals surface area contributed by atoms with Crippen LogP contribution in [0.4, 0.5) is 8.78 Å². The minimum absolute atomic E-state index is 0.579. The lowest BCUT2D eigenvalue weighted by molar-refractivity contribution is 0.212. The number of aryl methyl sites for hydroxylation is 2. The van der Waals surface area contributed by atoms with Gasteiger partial charge in [-0.1, -0.05) is 35.4 Å². The van der Waals surface area contributed by atoms with Gasteiger partial charge in [0.05, 0.1) is 0 Å². The van der Waals surface area contributed by atoms with E-state index in [0.29, 0.717) is 33.3 Å². The molecule has 0 spiro atoms. The van der Waals surface area contributed by atoms with Crippen LogP contribution in [0.5, 0.6) is 0 Å².